The molecule has 0 atom stereocenters. The molecule has 0 amide bonds. The lowest BCUT2D eigenvalue weighted by atomic mass is 9.89. The highest BCUT2D eigenvalue weighted by Crippen LogP contribution is 2.25. The molecule has 4 heteroatoms. The minimum absolute atomic E-state index is 0.272. The summed E-state index contributed by atoms with van der Waals surface area (Å²) in [7, 11) is 0. The molecule has 0 spiro atoms. The molecule has 2 fully saturated rings. The Balaban J connectivity index is 1.65. The fourth-order valence-corrected chi connectivity index (χ4v) is 3.86. The Bertz CT molecular complexity index is 531. The van der Waals surface area contributed by atoms with Crippen LogP contribution in [0.2, 0.25) is 0 Å². The Morgan fingerprint density at radius 1 is 0.958 bits per heavy atom. The van der Waals surface area contributed by atoms with Gasteiger partial charge in [-0.25, -0.2) is 0 Å². The first-order valence-electron chi connectivity index (χ1n) is 9.67. The molecule has 2 saturated carbocycles. The Morgan fingerprint density at radius 2 is 1.62 bits per heavy atom. The summed E-state index contributed by atoms with van der Waals surface area (Å²) >= 11 is 0. The van der Waals surface area contributed by atoms with Gasteiger partial charge < -0.3 is 15.7 Å². The fraction of sp³-hybridized carbons (Fsp3) is 0.650. The Hall–Kier alpha value is -1.71. The van der Waals surface area contributed by atoms with Crippen molar-refractivity contribution in [3.63, 3.8) is 0 Å². The van der Waals surface area contributed by atoms with Crippen LogP contribution in [0.3, 0.4) is 0 Å². The van der Waals surface area contributed by atoms with Crippen molar-refractivity contribution in [2.75, 3.05) is 11.9 Å². The summed E-state index contributed by atoms with van der Waals surface area (Å²) in [6, 6.07) is 7.88. The van der Waals surface area contributed by atoms with E-state index in [-0.39, 0.29) is 5.75 Å². The number of anilines is 1. The maximum atomic E-state index is 10.0. The number of guanidine groups is 1. The lowest BCUT2D eigenvalue weighted by Crippen LogP contribution is -2.40. The van der Waals surface area contributed by atoms with Crippen LogP contribution in [0.5, 0.6) is 5.75 Å². The van der Waals surface area contributed by atoms with Crippen molar-refractivity contribution in [3.8, 4) is 5.75 Å². The smallest absolute Gasteiger partial charge is 0.196 e. The number of phenolic OH excluding ortho intramolecular Hbond substituents is 1. The topological polar surface area (TPSA) is 56.6 Å². The first kappa shape index (κ1) is 17.1. The van der Waals surface area contributed by atoms with Gasteiger partial charge >= 0.3 is 0 Å². The second-order valence-electron chi connectivity index (χ2n) is 7.31. The van der Waals surface area contributed by atoms with Gasteiger partial charge in [-0.15, -0.1) is 0 Å². The van der Waals surface area contributed by atoms with Crippen molar-refractivity contribution in [2.24, 2.45) is 10.9 Å². The van der Waals surface area contributed by atoms with Crippen LogP contribution in [-0.4, -0.2) is 23.7 Å². The quantitative estimate of drug-likeness (QED) is 0.428. The molecule has 0 aromatic heterocycles. The summed E-state index contributed by atoms with van der Waals surface area (Å²) in [6.45, 7) is 0.885. The number of benzene rings is 1. The minimum atomic E-state index is 0.272. The molecule has 0 saturated heterocycles. The van der Waals surface area contributed by atoms with Gasteiger partial charge in [-0.1, -0.05) is 50.7 Å². The lowest BCUT2D eigenvalue weighted by Gasteiger charge is -2.26. The van der Waals surface area contributed by atoms with E-state index in [1.54, 1.807) is 6.07 Å². The predicted molar refractivity (Wildman–Crippen MR) is 101 cm³/mol. The zero-order chi connectivity index (χ0) is 16.6. The third-order valence-electron chi connectivity index (χ3n) is 5.34. The van der Waals surface area contributed by atoms with Gasteiger partial charge in [-0.2, -0.15) is 0 Å². The zero-order valence-corrected chi connectivity index (χ0v) is 14.6. The van der Waals surface area contributed by atoms with Gasteiger partial charge in [0.2, 0.25) is 0 Å². The van der Waals surface area contributed by atoms with Gasteiger partial charge in [0.25, 0.3) is 0 Å². The van der Waals surface area contributed by atoms with Crippen LogP contribution >= 0.6 is 0 Å². The SMILES string of the molecule is Oc1ccccc1NC(=NCC1CCCCC1)NC1CCCCC1. The molecular formula is C20H31N3O. The molecule has 132 valence electrons. The molecule has 0 bridgehead atoms. The molecule has 0 heterocycles. The average Bonchev–Trinajstić information content (AvgIpc) is 2.63. The maximum absolute atomic E-state index is 10.0. The van der Waals surface area contributed by atoms with Crippen LogP contribution in [0, 0.1) is 5.92 Å². The normalized spacial score (nSPS) is 20.8. The van der Waals surface area contributed by atoms with Crippen LogP contribution in [0.25, 0.3) is 0 Å². The second kappa shape index (κ2) is 8.95. The van der Waals surface area contributed by atoms with E-state index in [0.717, 1.165) is 18.2 Å². The number of hydrogen-bond donors (Lipinski definition) is 3. The first-order chi connectivity index (χ1) is 11.8. The Kier molecular flexibility index (Phi) is 6.39. The van der Waals surface area contributed by atoms with Crippen molar-refractivity contribution in [3.05, 3.63) is 24.3 Å². The van der Waals surface area contributed by atoms with E-state index in [1.165, 1.54) is 64.2 Å². The van der Waals surface area contributed by atoms with E-state index in [4.69, 9.17) is 4.99 Å². The predicted octanol–water partition coefficient (Wildman–Crippen LogP) is 4.66. The number of phenols is 1. The Morgan fingerprint density at radius 3 is 2.33 bits per heavy atom. The molecule has 0 radical (unpaired) electrons. The number of nitrogens with one attached hydrogen (secondary N) is 2. The summed E-state index contributed by atoms with van der Waals surface area (Å²) in [4.78, 5) is 4.86. The summed E-state index contributed by atoms with van der Waals surface area (Å²) in [5.41, 5.74) is 0.725. The molecule has 0 unspecified atom stereocenters. The third-order valence-corrected chi connectivity index (χ3v) is 5.34. The van der Waals surface area contributed by atoms with Gasteiger partial charge in [-0.05, 0) is 43.7 Å². The number of aliphatic imine (C=N–C) groups is 1. The largest absolute Gasteiger partial charge is 0.506 e. The molecule has 1 aromatic carbocycles. The molecule has 0 aliphatic heterocycles. The van der Waals surface area contributed by atoms with Crippen molar-refractivity contribution in [1.29, 1.82) is 0 Å². The van der Waals surface area contributed by atoms with Gasteiger partial charge in [0, 0.05) is 12.6 Å². The maximum Gasteiger partial charge on any atom is 0.196 e. The summed E-state index contributed by atoms with van der Waals surface area (Å²) in [5, 5.41) is 17.0. The van der Waals surface area contributed by atoms with Crippen molar-refractivity contribution in [1.82, 2.24) is 5.32 Å². The van der Waals surface area contributed by atoms with Crippen molar-refractivity contribution >= 4 is 11.6 Å². The molecule has 2 aliphatic carbocycles. The monoisotopic (exact) mass is 329 g/mol. The number of rotatable bonds is 4. The van der Waals surface area contributed by atoms with Gasteiger partial charge in [0.15, 0.2) is 5.96 Å². The Labute approximate surface area is 145 Å². The molecule has 3 rings (SSSR count). The molecule has 24 heavy (non-hydrogen) atoms. The van der Waals surface area contributed by atoms with Crippen LogP contribution in [0.1, 0.15) is 64.2 Å². The van der Waals surface area contributed by atoms with E-state index in [2.05, 4.69) is 10.6 Å². The fourth-order valence-electron chi connectivity index (χ4n) is 3.86. The van der Waals surface area contributed by atoms with E-state index >= 15 is 0 Å². The van der Waals surface area contributed by atoms with Crippen molar-refractivity contribution < 1.29 is 5.11 Å². The number of hydrogen-bond acceptors (Lipinski definition) is 2. The van der Waals surface area contributed by atoms with Gasteiger partial charge in [-0.3, -0.25) is 4.99 Å². The molecule has 2 aliphatic rings. The van der Waals surface area contributed by atoms with E-state index in [9.17, 15) is 5.11 Å². The number of nitrogens with zero attached hydrogens (tertiary/aromatic N) is 1. The highest BCUT2D eigenvalue weighted by Gasteiger charge is 2.17. The highest BCUT2D eigenvalue weighted by molar-refractivity contribution is 5.95. The third kappa shape index (κ3) is 5.15. The van der Waals surface area contributed by atoms with Gasteiger partial charge in [0.05, 0.1) is 5.69 Å². The van der Waals surface area contributed by atoms with Crippen LogP contribution in [-0.2, 0) is 0 Å². The molecular weight excluding hydrogens is 298 g/mol. The number of aromatic hydroxyl groups is 1. The zero-order valence-electron chi connectivity index (χ0n) is 14.6. The summed E-state index contributed by atoms with van der Waals surface area (Å²) < 4.78 is 0. The average molecular weight is 329 g/mol. The van der Waals surface area contributed by atoms with Crippen LogP contribution < -0.4 is 10.6 Å². The van der Waals surface area contributed by atoms with Gasteiger partial charge in [0.1, 0.15) is 5.75 Å². The highest BCUT2D eigenvalue weighted by atomic mass is 16.3. The standard InChI is InChI=1S/C20H31N3O/c24-19-14-8-7-13-18(19)23-20(22-17-11-5-2-6-12-17)21-15-16-9-3-1-4-10-16/h7-8,13-14,16-17,24H,1-6,9-12,15H2,(H2,21,22,23). The summed E-state index contributed by atoms with van der Waals surface area (Å²) in [5.74, 6) is 1.82. The molecule has 3 N–H and O–H groups in total. The van der Waals surface area contributed by atoms with E-state index in [0.29, 0.717) is 12.0 Å². The first-order valence-corrected chi connectivity index (χ1v) is 9.67. The van der Waals surface area contributed by atoms with Crippen LogP contribution in [0.4, 0.5) is 5.69 Å². The lowest BCUT2D eigenvalue weighted by molar-refractivity contribution is 0.365. The van der Waals surface area contributed by atoms with E-state index < -0.39 is 0 Å². The molecule has 1 aromatic rings. The summed E-state index contributed by atoms with van der Waals surface area (Å²) in [6.07, 6.45) is 13.0. The minimum Gasteiger partial charge on any atom is -0.506 e. The van der Waals surface area contributed by atoms with Crippen LogP contribution in [0.15, 0.2) is 29.3 Å². The van der Waals surface area contributed by atoms with Crippen molar-refractivity contribution in [2.45, 2.75) is 70.3 Å². The molecule has 4 nitrogen and oxygen atoms in total. The second-order valence-corrected chi connectivity index (χ2v) is 7.31. The number of para-hydroxylation sites is 2. The van der Waals surface area contributed by atoms with E-state index in [1.807, 2.05) is 18.2 Å².